The van der Waals surface area contributed by atoms with Gasteiger partial charge >= 0.3 is 0 Å². The van der Waals surface area contributed by atoms with Crippen LogP contribution in [0.1, 0.15) is 31.7 Å². The molecule has 122 valence electrons. The Hall–Kier alpha value is -0.810. The van der Waals surface area contributed by atoms with Gasteiger partial charge in [0.2, 0.25) is 5.91 Å². The lowest BCUT2D eigenvalue weighted by atomic mass is 10.1. The Morgan fingerprint density at radius 2 is 2.05 bits per heavy atom. The van der Waals surface area contributed by atoms with Gasteiger partial charge in [0.15, 0.2) is 0 Å². The van der Waals surface area contributed by atoms with E-state index >= 15 is 0 Å². The lowest BCUT2D eigenvalue weighted by molar-refractivity contribution is -0.134. The van der Waals surface area contributed by atoms with Crippen molar-refractivity contribution in [2.24, 2.45) is 5.73 Å². The number of nitrogens with zero attached hydrogens (tertiary/aromatic N) is 1. The molecule has 1 aromatic rings. The molecule has 1 fully saturated rings. The number of hydrogen-bond donors (Lipinski definition) is 1. The number of halogens is 2. The maximum Gasteiger partial charge on any atom is 0.224 e. The van der Waals surface area contributed by atoms with Crippen molar-refractivity contribution >= 4 is 29.1 Å². The molecule has 0 aliphatic carbocycles. The molecule has 2 N–H and O–H groups in total. The molecule has 1 unspecified atom stereocenters. The summed E-state index contributed by atoms with van der Waals surface area (Å²) in [5, 5.41) is 1.09. The van der Waals surface area contributed by atoms with Crippen LogP contribution in [0.5, 0.6) is 0 Å². The zero-order chi connectivity index (χ0) is 16.1. The highest BCUT2D eigenvalue weighted by atomic mass is 35.5. The predicted octanol–water partition coefficient (Wildman–Crippen LogP) is 3.24. The third-order valence-corrected chi connectivity index (χ3v) is 4.50. The fourth-order valence-electron chi connectivity index (χ4n) is 2.52. The Morgan fingerprint density at radius 1 is 1.36 bits per heavy atom. The Balaban J connectivity index is 1.75. The maximum absolute atomic E-state index is 11.9. The number of benzene rings is 1. The van der Waals surface area contributed by atoms with Crippen molar-refractivity contribution in [2.45, 2.75) is 44.9 Å². The first kappa shape index (κ1) is 17.5. The molecule has 1 atom stereocenters. The summed E-state index contributed by atoms with van der Waals surface area (Å²) in [6, 6.07) is 5.43. The average Bonchev–Trinajstić information content (AvgIpc) is 2.48. The quantitative estimate of drug-likeness (QED) is 0.891. The Bertz CT molecular complexity index is 515. The number of likely N-dealkylation sites (tertiary alicyclic amines) is 1. The summed E-state index contributed by atoms with van der Waals surface area (Å²) in [6.45, 7) is 3.83. The molecule has 2 rings (SSSR count). The third-order valence-electron chi connectivity index (χ3n) is 3.76. The van der Waals surface area contributed by atoms with E-state index in [9.17, 15) is 4.79 Å². The van der Waals surface area contributed by atoms with Crippen molar-refractivity contribution in [3.63, 3.8) is 0 Å². The number of rotatable bonds is 5. The van der Waals surface area contributed by atoms with E-state index < -0.39 is 0 Å². The van der Waals surface area contributed by atoms with Crippen LogP contribution in [0.25, 0.3) is 0 Å². The molecule has 0 spiro atoms. The molecule has 0 aromatic heterocycles. The van der Waals surface area contributed by atoms with E-state index in [0.29, 0.717) is 23.1 Å². The molecular weight excluding hydrogens is 323 g/mol. The monoisotopic (exact) mass is 344 g/mol. The van der Waals surface area contributed by atoms with Crippen LogP contribution < -0.4 is 5.73 Å². The Kier molecular flexibility index (Phi) is 6.50. The summed E-state index contributed by atoms with van der Waals surface area (Å²) < 4.78 is 5.91. The second-order valence-corrected chi connectivity index (χ2v) is 6.64. The Labute approximate surface area is 141 Å². The largest absolute Gasteiger partial charge is 0.373 e. The molecule has 22 heavy (non-hydrogen) atoms. The van der Waals surface area contributed by atoms with Crippen molar-refractivity contribution in [1.29, 1.82) is 0 Å². The molecule has 1 saturated heterocycles. The smallest absolute Gasteiger partial charge is 0.224 e. The lowest BCUT2D eigenvalue weighted by Crippen LogP contribution is -2.42. The number of nitrogens with two attached hydrogens (primary N) is 1. The fourth-order valence-corrected chi connectivity index (χ4v) is 2.84. The van der Waals surface area contributed by atoms with Crippen LogP contribution in [0.15, 0.2) is 18.2 Å². The number of ether oxygens (including phenoxy) is 1. The standard InChI is InChI=1S/C16H22Cl2N2O2/c1-11(19)8-16(21)20-6-4-13(5-7-20)22-10-12-2-3-14(17)15(18)9-12/h2-3,9,11,13H,4-8,10,19H2,1H3. The molecule has 6 heteroatoms. The number of carbonyl (C=O) groups excluding carboxylic acids is 1. The molecule has 1 aromatic carbocycles. The van der Waals surface area contributed by atoms with Gasteiger partial charge in [-0.25, -0.2) is 0 Å². The summed E-state index contributed by atoms with van der Waals surface area (Å²) in [5.74, 6) is 0.137. The Morgan fingerprint density at radius 3 is 2.64 bits per heavy atom. The van der Waals surface area contributed by atoms with Crippen LogP contribution in [0.3, 0.4) is 0 Å². The van der Waals surface area contributed by atoms with Crippen molar-refractivity contribution < 1.29 is 9.53 Å². The first-order valence-electron chi connectivity index (χ1n) is 7.54. The SMILES string of the molecule is CC(N)CC(=O)N1CCC(OCc2ccc(Cl)c(Cl)c2)CC1. The summed E-state index contributed by atoms with van der Waals surface area (Å²) in [4.78, 5) is 13.8. The topological polar surface area (TPSA) is 55.6 Å². The van der Waals surface area contributed by atoms with E-state index in [0.717, 1.165) is 31.5 Å². The number of carbonyl (C=O) groups is 1. The first-order valence-corrected chi connectivity index (χ1v) is 8.30. The van der Waals surface area contributed by atoms with Crippen LogP contribution in [-0.4, -0.2) is 36.0 Å². The first-order chi connectivity index (χ1) is 10.5. The molecule has 1 heterocycles. The van der Waals surface area contributed by atoms with Crippen molar-refractivity contribution in [2.75, 3.05) is 13.1 Å². The molecular formula is C16H22Cl2N2O2. The molecule has 1 aliphatic rings. The zero-order valence-electron chi connectivity index (χ0n) is 12.7. The van der Waals surface area contributed by atoms with Gasteiger partial charge in [-0.3, -0.25) is 4.79 Å². The van der Waals surface area contributed by atoms with E-state index in [-0.39, 0.29) is 18.1 Å². The van der Waals surface area contributed by atoms with Gasteiger partial charge in [0.25, 0.3) is 0 Å². The molecule has 1 aliphatic heterocycles. The normalized spacial score (nSPS) is 17.5. The van der Waals surface area contributed by atoms with Gasteiger partial charge < -0.3 is 15.4 Å². The van der Waals surface area contributed by atoms with E-state index in [2.05, 4.69) is 0 Å². The van der Waals surface area contributed by atoms with Crippen LogP contribution in [-0.2, 0) is 16.1 Å². The second kappa shape index (κ2) is 8.16. The van der Waals surface area contributed by atoms with Crippen molar-refractivity contribution in [3.8, 4) is 0 Å². The van der Waals surface area contributed by atoms with E-state index in [1.165, 1.54) is 0 Å². The lowest BCUT2D eigenvalue weighted by Gasteiger charge is -2.32. The molecule has 0 radical (unpaired) electrons. The third kappa shape index (κ3) is 5.13. The molecule has 1 amide bonds. The second-order valence-electron chi connectivity index (χ2n) is 5.82. The predicted molar refractivity (Wildman–Crippen MR) is 89.1 cm³/mol. The van der Waals surface area contributed by atoms with Gasteiger partial charge in [0.1, 0.15) is 0 Å². The van der Waals surface area contributed by atoms with Crippen LogP contribution in [0, 0.1) is 0 Å². The summed E-state index contributed by atoms with van der Waals surface area (Å²) in [5.41, 5.74) is 6.67. The summed E-state index contributed by atoms with van der Waals surface area (Å²) in [6.07, 6.45) is 2.29. The van der Waals surface area contributed by atoms with Gasteiger partial charge in [-0.05, 0) is 37.5 Å². The van der Waals surface area contributed by atoms with Gasteiger partial charge in [-0.15, -0.1) is 0 Å². The van der Waals surface area contributed by atoms with Crippen LogP contribution in [0.4, 0.5) is 0 Å². The van der Waals surface area contributed by atoms with Crippen LogP contribution >= 0.6 is 23.2 Å². The molecule has 4 nitrogen and oxygen atoms in total. The highest BCUT2D eigenvalue weighted by Crippen LogP contribution is 2.24. The fraction of sp³-hybridized carbons (Fsp3) is 0.562. The van der Waals surface area contributed by atoms with Crippen LogP contribution in [0.2, 0.25) is 10.0 Å². The van der Waals surface area contributed by atoms with Gasteiger partial charge in [0.05, 0.1) is 22.8 Å². The van der Waals surface area contributed by atoms with Gasteiger partial charge in [-0.2, -0.15) is 0 Å². The number of piperidine rings is 1. The molecule has 0 saturated carbocycles. The highest BCUT2D eigenvalue weighted by Gasteiger charge is 2.23. The summed E-state index contributed by atoms with van der Waals surface area (Å²) in [7, 11) is 0. The van der Waals surface area contributed by atoms with Gasteiger partial charge in [0, 0.05) is 25.6 Å². The average molecular weight is 345 g/mol. The highest BCUT2D eigenvalue weighted by molar-refractivity contribution is 6.42. The van der Waals surface area contributed by atoms with E-state index in [1.54, 1.807) is 6.07 Å². The molecule has 0 bridgehead atoms. The number of amides is 1. The zero-order valence-corrected chi connectivity index (χ0v) is 14.2. The minimum atomic E-state index is -0.0869. The maximum atomic E-state index is 11.9. The van der Waals surface area contributed by atoms with Crippen molar-refractivity contribution in [1.82, 2.24) is 4.90 Å². The van der Waals surface area contributed by atoms with E-state index in [4.69, 9.17) is 33.7 Å². The van der Waals surface area contributed by atoms with Gasteiger partial charge in [-0.1, -0.05) is 29.3 Å². The van der Waals surface area contributed by atoms with Crippen molar-refractivity contribution in [3.05, 3.63) is 33.8 Å². The number of hydrogen-bond acceptors (Lipinski definition) is 3. The minimum Gasteiger partial charge on any atom is -0.373 e. The minimum absolute atomic E-state index is 0.0869. The van der Waals surface area contributed by atoms with E-state index in [1.807, 2.05) is 24.0 Å². The summed E-state index contributed by atoms with van der Waals surface area (Å²) >= 11 is 11.9.